The van der Waals surface area contributed by atoms with Crippen LogP contribution in [0.3, 0.4) is 0 Å². The molecule has 0 bridgehead atoms. The molecule has 0 aliphatic carbocycles. The molecule has 0 aliphatic heterocycles. The van der Waals surface area contributed by atoms with Crippen molar-refractivity contribution in [3.05, 3.63) is 69.8 Å². The van der Waals surface area contributed by atoms with Crippen LogP contribution in [0.5, 0.6) is 5.75 Å². The van der Waals surface area contributed by atoms with Crippen molar-refractivity contribution in [2.24, 2.45) is 0 Å². The number of rotatable bonds is 6. The van der Waals surface area contributed by atoms with Crippen LogP contribution in [0.15, 0.2) is 59.4 Å². The van der Waals surface area contributed by atoms with Crippen LogP contribution in [-0.2, 0) is 11.3 Å². The first-order valence-electron chi connectivity index (χ1n) is 7.36. The normalized spacial score (nSPS) is 11.2. The molecular weight excluding hydrogens is 326 g/mol. The van der Waals surface area contributed by atoms with E-state index in [-0.39, 0.29) is 4.87 Å². The lowest BCUT2D eigenvalue weighted by atomic mass is 10.2. The Labute approximate surface area is 142 Å². The number of benzene rings is 2. The van der Waals surface area contributed by atoms with E-state index in [0.29, 0.717) is 18.9 Å². The summed E-state index contributed by atoms with van der Waals surface area (Å²) in [5.74, 6) is -0.307. The molecule has 0 unspecified atom stereocenters. The van der Waals surface area contributed by atoms with Gasteiger partial charge < -0.3 is 9.84 Å². The molecule has 2 aromatic carbocycles. The molecule has 5 nitrogen and oxygen atoms in total. The molecule has 1 heterocycles. The first-order valence-corrected chi connectivity index (χ1v) is 8.17. The number of thiazole rings is 1. The molecule has 6 heteroatoms. The fourth-order valence-corrected chi connectivity index (χ4v) is 3.24. The lowest BCUT2D eigenvalue weighted by Crippen LogP contribution is -2.17. The minimum atomic E-state index is -0.983. The minimum Gasteiger partial charge on any atom is -0.492 e. The maximum Gasteiger partial charge on any atom is 0.328 e. The molecule has 122 valence electrons. The Bertz CT molecular complexity index is 938. The average molecular weight is 341 g/mol. The number of fused-ring (bicyclic) bond motifs is 1. The highest BCUT2D eigenvalue weighted by atomic mass is 32.1. The van der Waals surface area contributed by atoms with E-state index in [1.807, 2.05) is 24.3 Å². The van der Waals surface area contributed by atoms with Crippen LogP contribution in [0, 0.1) is 0 Å². The molecule has 0 atom stereocenters. The second kappa shape index (κ2) is 7.14. The highest BCUT2D eigenvalue weighted by Crippen LogP contribution is 2.17. The van der Waals surface area contributed by atoms with Gasteiger partial charge in [0.05, 0.1) is 16.8 Å². The lowest BCUT2D eigenvalue weighted by molar-refractivity contribution is -0.131. The largest absolute Gasteiger partial charge is 0.492 e. The van der Waals surface area contributed by atoms with E-state index in [0.717, 1.165) is 21.9 Å². The minimum absolute atomic E-state index is 0.00829. The smallest absolute Gasteiger partial charge is 0.328 e. The van der Waals surface area contributed by atoms with Crippen LogP contribution in [0.1, 0.15) is 5.56 Å². The van der Waals surface area contributed by atoms with Gasteiger partial charge in [-0.25, -0.2) is 4.79 Å². The van der Waals surface area contributed by atoms with Gasteiger partial charge in [0.15, 0.2) is 0 Å². The third-order valence-electron chi connectivity index (χ3n) is 3.46. The van der Waals surface area contributed by atoms with E-state index >= 15 is 0 Å². The average Bonchev–Trinajstić information content (AvgIpc) is 2.90. The maximum absolute atomic E-state index is 12.0. The van der Waals surface area contributed by atoms with Crippen molar-refractivity contribution in [2.45, 2.75) is 6.54 Å². The molecule has 0 aliphatic rings. The summed E-state index contributed by atoms with van der Waals surface area (Å²) >= 11 is 1.23. The topological polar surface area (TPSA) is 68.5 Å². The van der Waals surface area contributed by atoms with Crippen molar-refractivity contribution in [1.29, 1.82) is 0 Å². The van der Waals surface area contributed by atoms with Gasteiger partial charge in [-0.1, -0.05) is 35.6 Å². The molecule has 3 aromatic rings. The van der Waals surface area contributed by atoms with Crippen LogP contribution < -0.4 is 9.61 Å². The summed E-state index contributed by atoms with van der Waals surface area (Å²) in [4.78, 5) is 22.5. The zero-order valence-corrected chi connectivity index (χ0v) is 13.5. The Morgan fingerprint density at radius 3 is 2.67 bits per heavy atom. The maximum atomic E-state index is 12.0. The number of carboxylic acid groups (broad SMARTS) is 1. The summed E-state index contributed by atoms with van der Waals surface area (Å²) in [6, 6.07) is 14.8. The molecule has 24 heavy (non-hydrogen) atoms. The van der Waals surface area contributed by atoms with Crippen LogP contribution in [-0.4, -0.2) is 22.2 Å². The number of aromatic nitrogens is 1. The van der Waals surface area contributed by atoms with Crippen LogP contribution in [0.25, 0.3) is 16.3 Å². The van der Waals surface area contributed by atoms with Gasteiger partial charge in [-0.3, -0.25) is 9.36 Å². The molecule has 0 radical (unpaired) electrons. The number of carbonyl (C=O) groups is 1. The van der Waals surface area contributed by atoms with Gasteiger partial charge in [0.2, 0.25) is 0 Å². The van der Waals surface area contributed by atoms with E-state index in [4.69, 9.17) is 9.84 Å². The summed E-state index contributed by atoms with van der Waals surface area (Å²) in [5, 5.41) is 8.60. The quantitative estimate of drug-likeness (QED) is 0.699. The summed E-state index contributed by atoms with van der Waals surface area (Å²) in [7, 11) is 0. The fraction of sp³-hybridized carbons (Fsp3) is 0.111. The molecule has 0 fully saturated rings. The molecular formula is C18H15NO4S. The Kier molecular flexibility index (Phi) is 4.77. The number of ether oxygens (including phenoxy) is 1. The molecule has 1 N–H and O–H groups in total. The van der Waals surface area contributed by atoms with E-state index < -0.39 is 5.97 Å². The highest BCUT2D eigenvalue weighted by Gasteiger charge is 2.06. The number of para-hydroxylation sites is 1. The van der Waals surface area contributed by atoms with Gasteiger partial charge in [-0.05, 0) is 35.9 Å². The van der Waals surface area contributed by atoms with Gasteiger partial charge in [0.1, 0.15) is 12.4 Å². The third kappa shape index (κ3) is 3.72. The number of carboxylic acids is 1. The number of hydrogen-bond donors (Lipinski definition) is 1. The van der Waals surface area contributed by atoms with Crippen molar-refractivity contribution in [3.63, 3.8) is 0 Å². The molecule has 1 aromatic heterocycles. The number of aliphatic carboxylic acids is 1. The van der Waals surface area contributed by atoms with Crippen LogP contribution in [0.2, 0.25) is 0 Å². The van der Waals surface area contributed by atoms with Crippen molar-refractivity contribution >= 4 is 33.6 Å². The Balaban J connectivity index is 1.63. The summed E-state index contributed by atoms with van der Waals surface area (Å²) < 4.78 is 8.35. The Hall–Kier alpha value is -2.86. The third-order valence-corrected chi connectivity index (χ3v) is 4.42. The Morgan fingerprint density at radius 2 is 1.92 bits per heavy atom. The van der Waals surface area contributed by atoms with Gasteiger partial charge in [-0.15, -0.1) is 0 Å². The predicted molar refractivity (Wildman–Crippen MR) is 94.7 cm³/mol. The molecule has 0 amide bonds. The first kappa shape index (κ1) is 16.0. The second-order valence-electron chi connectivity index (χ2n) is 5.08. The van der Waals surface area contributed by atoms with Crippen LogP contribution in [0.4, 0.5) is 0 Å². The first-order chi connectivity index (χ1) is 11.6. The molecule has 3 rings (SSSR count). The van der Waals surface area contributed by atoms with Crippen molar-refractivity contribution in [1.82, 2.24) is 4.57 Å². The molecule has 0 spiro atoms. The highest BCUT2D eigenvalue weighted by molar-refractivity contribution is 7.16. The summed E-state index contributed by atoms with van der Waals surface area (Å²) in [6.07, 6.45) is 2.60. The predicted octanol–water partition coefficient (Wildman–Crippen LogP) is 3.24. The zero-order chi connectivity index (χ0) is 16.9. The SMILES string of the molecule is O=C(O)/C=C/c1ccc(OCCn2c(=O)sc3ccccc32)cc1. The summed E-state index contributed by atoms with van der Waals surface area (Å²) in [5.41, 5.74) is 1.70. The van der Waals surface area contributed by atoms with E-state index in [1.165, 1.54) is 17.4 Å². The van der Waals surface area contributed by atoms with Crippen LogP contribution >= 0.6 is 11.3 Å². The summed E-state index contributed by atoms with van der Waals surface area (Å²) in [6.45, 7) is 0.856. The van der Waals surface area contributed by atoms with E-state index in [9.17, 15) is 9.59 Å². The zero-order valence-electron chi connectivity index (χ0n) is 12.7. The standard InChI is InChI=1S/C18H15NO4S/c20-17(21)10-7-13-5-8-14(9-6-13)23-12-11-19-15-3-1-2-4-16(15)24-18(19)22/h1-10H,11-12H2,(H,20,21)/b10-7+. The van der Waals surface area contributed by atoms with Gasteiger partial charge in [0, 0.05) is 6.08 Å². The van der Waals surface area contributed by atoms with Crippen molar-refractivity contribution in [3.8, 4) is 5.75 Å². The molecule has 0 saturated carbocycles. The van der Waals surface area contributed by atoms with Gasteiger partial charge in [-0.2, -0.15) is 0 Å². The number of nitrogens with zero attached hydrogens (tertiary/aromatic N) is 1. The van der Waals surface area contributed by atoms with Crippen molar-refractivity contribution < 1.29 is 14.6 Å². The lowest BCUT2D eigenvalue weighted by Gasteiger charge is -2.07. The van der Waals surface area contributed by atoms with Gasteiger partial charge in [0.25, 0.3) is 0 Å². The van der Waals surface area contributed by atoms with Gasteiger partial charge >= 0.3 is 10.8 Å². The van der Waals surface area contributed by atoms with E-state index in [1.54, 1.807) is 28.8 Å². The van der Waals surface area contributed by atoms with E-state index in [2.05, 4.69) is 0 Å². The Morgan fingerprint density at radius 1 is 1.17 bits per heavy atom. The monoisotopic (exact) mass is 341 g/mol. The second-order valence-corrected chi connectivity index (χ2v) is 6.07. The number of hydrogen-bond acceptors (Lipinski definition) is 4. The van der Waals surface area contributed by atoms with Crippen molar-refractivity contribution in [2.75, 3.05) is 6.61 Å². The fourth-order valence-electron chi connectivity index (χ4n) is 2.32. The molecule has 0 saturated heterocycles.